The molecule has 0 amide bonds. The standard InChI is InChI=1S/C18H20O9S2/c1-18(2,21)12-11-15-14(27-17(11)20)13(16(12)28-15)25-7-10(19)26-8-3-5-9(6-4-8)29(22,23)24/h3-6,11-16,21H,7H2,1-2H3,(H,22,23,24)/p-1. The van der Waals surface area contributed by atoms with Gasteiger partial charge in [0.15, 0.2) is 0 Å². The van der Waals surface area contributed by atoms with Gasteiger partial charge in [0.1, 0.15) is 34.7 Å². The highest BCUT2D eigenvalue weighted by Gasteiger charge is 2.70. The molecule has 3 fully saturated rings. The minimum absolute atomic E-state index is 0.0649. The van der Waals surface area contributed by atoms with Crippen LogP contribution in [-0.2, 0) is 29.2 Å². The van der Waals surface area contributed by atoms with Crippen molar-refractivity contribution in [1.82, 2.24) is 0 Å². The number of aliphatic hydroxyl groups is 1. The third-order valence-electron chi connectivity index (χ3n) is 5.46. The zero-order chi connectivity index (χ0) is 21.1. The molecule has 1 N–H and O–H groups in total. The molecule has 158 valence electrons. The van der Waals surface area contributed by atoms with Gasteiger partial charge in [0.2, 0.25) is 0 Å². The Bertz CT molecular complexity index is 935. The summed E-state index contributed by atoms with van der Waals surface area (Å²) in [6.07, 6.45) is -1.000. The number of carbonyl (C=O) groups is 2. The van der Waals surface area contributed by atoms with Gasteiger partial charge >= 0.3 is 11.9 Å². The van der Waals surface area contributed by atoms with E-state index in [9.17, 15) is 27.7 Å². The molecule has 3 aliphatic rings. The molecule has 9 nitrogen and oxygen atoms in total. The van der Waals surface area contributed by atoms with Crippen LogP contribution < -0.4 is 4.74 Å². The topological polar surface area (TPSA) is 139 Å². The van der Waals surface area contributed by atoms with Crippen LogP contribution in [-0.4, -0.2) is 64.9 Å². The Hall–Kier alpha value is -1.66. The summed E-state index contributed by atoms with van der Waals surface area (Å²) in [6.45, 7) is 2.89. The molecule has 4 rings (SSSR count). The van der Waals surface area contributed by atoms with Gasteiger partial charge in [0.25, 0.3) is 0 Å². The Kier molecular flexibility index (Phi) is 4.94. The van der Waals surface area contributed by atoms with Crippen LogP contribution in [0.15, 0.2) is 29.2 Å². The molecule has 6 unspecified atom stereocenters. The number of hydrogen-bond acceptors (Lipinski definition) is 10. The Morgan fingerprint density at radius 3 is 2.52 bits per heavy atom. The first-order chi connectivity index (χ1) is 13.5. The summed E-state index contributed by atoms with van der Waals surface area (Å²) in [5.41, 5.74) is -1.10. The largest absolute Gasteiger partial charge is 0.744 e. The quantitative estimate of drug-likeness (QED) is 0.371. The Morgan fingerprint density at radius 2 is 1.93 bits per heavy atom. The SMILES string of the molecule is CC(C)(O)C1C2SC3C(OC(=O)C31)C2OCC(=O)Oc1ccc(S(=O)(=O)[O-])cc1. The first kappa shape index (κ1) is 20.6. The summed E-state index contributed by atoms with van der Waals surface area (Å²) >= 11 is 1.55. The lowest BCUT2D eigenvalue weighted by atomic mass is 9.71. The first-order valence-corrected chi connectivity index (χ1v) is 11.3. The number of benzene rings is 1. The zero-order valence-corrected chi connectivity index (χ0v) is 17.1. The van der Waals surface area contributed by atoms with Crippen molar-refractivity contribution in [3.63, 3.8) is 0 Å². The van der Waals surface area contributed by atoms with E-state index in [1.165, 1.54) is 12.1 Å². The third-order valence-corrected chi connectivity index (χ3v) is 8.06. The predicted octanol–water partition coefficient (Wildman–Crippen LogP) is 0.308. The highest BCUT2D eigenvalue weighted by molar-refractivity contribution is 8.01. The smallest absolute Gasteiger partial charge is 0.337 e. The van der Waals surface area contributed by atoms with Crippen LogP contribution in [0.4, 0.5) is 0 Å². The van der Waals surface area contributed by atoms with Crippen molar-refractivity contribution in [2.24, 2.45) is 11.8 Å². The summed E-state index contributed by atoms with van der Waals surface area (Å²) in [7, 11) is -4.58. The van der Waals surface area contributed by atoms with Gasteiger partial charge in [0, 0.05) is 11.2 Å². The van der Waals surface area contributed by atoms with Gasteiger partial charge in [-0.1, -0.05) is 0 Å². The monoisotopic (exact) mass is 443 g/mol. The molecule has 0 aromatic heterocycles. The van der Waals surface area contributed by atoms with Crippen LogP contribution in [0, 0.1) is 11.8 Å². The van der Waals surface area contributed by atoms with E-state index in [0.29, 0.717) is 0 Å². The predicted molar refractivity (Wildman–Crippen MR) is 98.1 cm³/mol. The lowest BCUT2D eigenvalue weighted by Gasteiger charge is -2.37. The van der Waals surface area contributed by atoms with Gasteiger partial charge in [-0.2, -0.15) is 0 Å². The molecule has 11 heteroatoms. The number of hydrogen-bond donors (Lipinski definition) is 1. The molecular formula is C18H19O9S2-. The maximum atomic E-state index is 12.2. The van der Waals surface area contributed by atoms with Gasteiger partial charge in [-0.05, 0) is 38.1 Å². The van der Waals surface area contributed by atoms with E-state index in [2.05, 4.69) is 0 Å². The van der Waals surface area contributed by atoms with Crippen LogP contribution >= 0.6 is 11.8 Å². The average Bonchev–Trinajstić information content (AvgIpc) is 3.21. The number of thioether (sulfide) groups is 1. The summed E-state index contributed by atoms with van der Waals surface area (Å²) in [5, 5.41) is 10.2. The van der Waals surface area contributed by atoms with Crippen LogP contribution in [0.1, 0.15) is 13.8 Å². The number of ether oxygens (including phenoxy) is 3. The van der Waals surface area contributed by atoms with Crippen LogP contribution in [0.5, 0.6) is 5.75 Å². The second kappa shape index (κ2) is 6.95. The summed E-state index contributed by atoms with van der Waals surface area (Å²) in [5.74, 6) is -1.72. The fourth-order valence-corrected chi connectivity index (χ4v) is 7.06. The second-order valence-electron chi connectivity index (χ2n) is 7.85. The highest BCUT2D eigenvalue weighted by Crippen LogP contribution is 2.61. The van der Waals surface area contributed by atoms with Gasteiger partial charge in [-0.15, -0.1) is 11.8 Å². The van der Waals surface area contributed by atoms with E-state index in [1.54, 1.807) is 25.6 Å². The molecule has 1 aromatic rings. The number of fused-ring (bicyclic) bond motifs is 1. The van der Waals surface area contributed by atoms with E-state index >= 15 is 0 Å². The molecule has 1 aromatic carbocycles. The minimum atomic E-state index is -4.58. The van der Waals surface area contributed by atoms with E-state index in [-0.39, 0.29) is 34.1 Å². The van der Waals surface area contributed by atoms with Gasteiger partial charge in [-0.3, -0.25) is 4.79 Å². The summed E-state index contributed by atoms with van der Waals surface area (Å²) in [4.78, 5) is 23.9. The fourth-order valence-electron chi connectivity index (χ4n) is 4.36. The molecule has 3 aliphatic heterocycles. The minimum Gasteiger partial charge on any atom is -0.744 e. The molecule has 3 heterocycles. The van der Waals surface area contributed by atoms with Crippen molar-refractivity contribution in [3.8, 4) is 5.75 Å². The second-order valence-corrected chi connectivity index (χ2v) is 10.6. The fraction of sp³-hybridized carbons (Fsp3) is 0.556. The maximum absolute atomic E-state index is 12.2. The van der Waals surface area contributed by atoms with Crippen molar-refractivity contribution in [2.75, 3.05) is 6.61 Å². The number of esters is 2. The Balaban J connectivity index is 1.39. The van der Waals surface area contributed by atoms with Gasteiger partial charge < -0.3 is 23.9 Å². The van der Waals surface area contributed by atoms with E-state index in [0.717, 1.165) is 12.1 Å². The molecule has 0 saturated carbocycles. The van der Waals surface area contributed by atoms with Crippen molar-refractivity contribution in [2.45, 2.75) is 47.1 Å². The molecule has 3 saturated heterocycles. The van der Waals surface area contributed by atoms with Crippen LogP contribution in [0.3, 0.4) is 0 Å². The van der Waals surface area contributed by atoms with E-state index in [1.807, 2.05) is 0 Å². The van der Waals surface area contributed by atoms with Crippen molar-refractivity contribution in [1.29, 1.82) is 0 Å². The lowest BCUT2D eigenvalue weighted by molar-refractivity contribution is -0.150. The van der Waals surface area contributed by atoms with Gasteiger partial charge in [0.05, 0.1) is 21.7 Å². The normalized spacial score (nSPS) is 33.0. The number of rotatable bonds is 6. The van der Waals surface area contributed by atoms with Crippen LogP contribution in [0.2, 0.25) is 0 Å². The molecule has 0 spiro atoms. The Morgan fingerprint density at radius 1 is 1.28 bits per heavy atom. The number of carbonyl (C=O) groups excluding carboxylic acids is 2. The van der Waals surface area contributed by atoms with Gasteiger partial charge in [-0.25, -0.2) is 13.2 Å². The molecule has 0 aliphatic carbocycles. The molecule has 6 atom stereocenters. The van der Waals surface area contributed by atoms with Crippen molar-refractivity contribution >= 4 is 33.8 Å². The Labute approximate surface area is 171 Å². The first-order valence-electron chi connectivity index (χ1n) is 8.93. The molecular weight excluding hydrogens is 424 g/mol. The van der Waals surface area contributed by atoms with Crippen molar-refractivity contribution in [3.05, 3.63) is 24.3 Å². The lowest BCUT2D eigenvalue weighted by Crippen LogP contribution is -2.51. The maximum Gasteiger partial charge on any atom is 0.337 e. The van der Waals surface area contributed by atoms with E-state index < -0.39 is 45.4 Å². The average molecular weight is 443 g/mol. The molecule has 2 bridgehead atoms. The zero-order valence-electron chi connectivity index (χ0n) is 15.5. The highest BCUT2D eigenvalue weighted by atomic mass is 32.2. The van der Waals surface area contributed by atoms with Crippen LogP contribution in [0.25, 0.3) is 0 Å². The molecule has 0 radical (unpaired) electrons. The molecule has 29 heavy (non-hydrogen) atoms. The summed E-state index contributed by atoms with van der Waals surface area (Å²) < 4.78 is 49.0. The summed E-state index contributed by atoms with van der Waals surface area (Å²) in [6, 6.07) is 4.49. The third kappa shape index (κ3) is 3.66. The van der Waals surface area contributed by atoms with Crippen molar-refractivity contribution < 1.29 is 41.9 Å². The van der Waals surface area contributed by atoms with E-state index in [4.69, 9.17) is 14.2 Å².